The fourth-order valence-corrected chi connectivity index (χ4v) is 2.60. The SMILES string of the molecule is Cc1ncc([N+](=O)[O-])cc1C(=O)N1CCCC(C)(C(=O)O)C1. The standard InChI is InChI=1S/C14H17N3O5/c1-9-11(6-10(7-15-9)17(21)22)12(18)16-5-3-4-14(2,8-16)13(19)20/h6-7H,3-5,8H2,1-2H3,(H,19,20). The van der Waals surface area contributed by atoms with Gasteiger partial charge in [0, 0.05) is 19.2 Å². The highest BCUT2D eigenvalue weighted by atomic mass is 16.6. The second-order valence-corrected chi connectivity index (χ2v) is 5.78. The second-order valence-electron chi connectivity index (χ2n) is 5.78. The number of hydrogen-bond donors (Lipinski definition) is 1. The van der Waals surface area contributed by atoms with Crippen LogP contribution < -0.4 is 0 Å². The first-order valence-electron chi connectivity index (χ1n) is 6.88. The average molecular weight is 307 g/mol. The number of rotatable bonds is 3. The van der Waals surface area contributed by atoms with E-state index in [0.29, 0.717) is 25.1 Å². The number of hydrogen-bond acceptors (Lipinski definition) is 5. The van der Waals surface area contributed by atoms with Gasteiger partial charge in [-0.2, -0.15) is 0 Å². The maximum Gasteiger partial charge on any atom is 0.311 e. The molecular formula is C14H17N3O5. The summed E-state index contributed by atoms with van der Waals surface area (Å²) in [6.45, 7) is 3.72. The van der Waals surface area contributed by atoms with Crippen LogP contribution in [0.3, 0.4) is 0 Å². The lowest BCUT2D eigenvalue weighted by molar-refractivity contribution is -0.385. The Morgan fingerprint density at radius 2 is 2.18 bits per heavy atom. The van der Waals surface area contributed by atoms with Gasteiger partial charge in [0.2, 0.25) is 0 Å². The number of likely N-dealkylation sites (tertiary alicyclic amines) is 1. The van der Waals surface area contributed by atoms with Crippen LogP contribution in [0.5, 0.6) is 0 Å². The third kappa shape index (κ3) is 2.90. The summed E-state index contributed by atoms with van der Waals surface area (Å²) >= 11 is 0. The fourth-order valence-electron chi connectivity index (χ4n) is 2.60. The maximum atomic E-state index is 12.6. The van der Waals surface area contributed by atoms with E-state index in [-0.39, 0.29) is 17.8 Å². The molecule has 2 heterocycles. The van der Waals surface area contributed by atoms with Crippen LogP contribution in [0.1, 0.15) is 35.8 Å². The van der Waals surface area contributed by atoms with Gasteiger partial charge in [0.1, 0.15) is 6.20 Å². The lowest BCUT2D eigenvalue weighted by atomic mass is 9.82. The van der Waals surface area contributed by atoms with Gasteiger partial charge in [-0.25, -0.2) is 0 Å². The van der Waals surface area contributed by atoms with E-state index in [9.17, 15) is 24.8 Å². The maximum absolute atomic E-state index is 12.6. The molecule has 22 heavy (non-hydrogen) atoms. The molecule has 0 spiro atoms. The van der Waals surface area contributed by atoms with Gasteiger partial charge in [0.25, 0.3) is 11.6 Å². The van der Waals surface area contributed by atoms with Crippen molar-refractivity contribution in [1.29, 1.82) is 0 Å². The van der Waals surface area contributed by atoms with Crippen molar-refractivity contribution in [2.75, 3.05) is 13.1 Å². The Labute approximate surface area is 126 Å². The van der Waals surface area contributed by atoms with Gasteiger partial charge < -0.3 is 10.0 Å². The van der Waals surface area contributed by atoms with Gasteiger partial charge >= 0.3 is 5.97 Å². The van der Waals surface area contributed by atoms with Gasteiger partial charge in [0.15, 0.2) is 0 Å². The number of aliphatic carboxylic acids is 1. The zero-order valence-corrected chi connectivity index (χ0v) is 12.4. The number of piperidine rings is 1. The minimum Gasteiger partial charge on any atom is -0.481 e. The first-order valence-corrected chi connectivity index (χ1v) is 6.88. The summed E-state index contributed by atoms with van der Waals surface area (Å²) in [4.78, 5) is 39.5. The zero-order valence-electron chi connectivity index (χ0n) is 12.4. The first kappa shape index (κ1) is 15.9. The number of pyridine rings is 1. The minimum absolute atomic E-state index is 0.0866. The number of carboxylic acid groups (broad SMARTS) is 1. The van der Waals surface area contributed by atoms with Crippen molar-refractivity contribution in [2.45, 2.75) is 26.7 Å². The summed E-state index contributed by atoms with van der Waals surface area (Å²) in [5.74, 6) is -1.36. The predicted molar refractivity (Wildman–Crippen MR) is 76.5 cm³/mol. The molecule has 8 nitrogen and oxygen atoms in total. The van der Waals surface area contributed by atoms with Crippen molar-refractivity contribution in [3.05, 3.63) is 33.6 Å². The molecule has 1 aromatic rings. The summed E-state index contributed by atoms with van der Waals surface area (Å²) in [6.07, 6.45) is 2.18. The zero-order chi connectivity index (χ0) is 16.5. The van der Waals surface area contributed by atoms with Gasteiger partial charge in [-0.3, -0.25) is 24.7 Å². The Balaban J connectivity index is 2.30. The van der Waals surface area contributed by atoms with Crippen LogP contribution in [0.2, 0.25) is 0 Å². The summed E-state index contributed by atoms with van der Waals surface area (Å²) in [6, 6.07) is 1.19. The molecule has 1 saturated heterocycles. The molecule has 118 valence electrons. The van der Waals surface area contributed by atoms with Gasteiger partial charge in [-0.1, -0.05) is 0 Å². The van der Waals surface area contributed by atoms with Crippen LogP contribution in [0.4, 0.5) is 5.69 Å². The number of aromatic nitrogens is 1. The third-order valence-electron chi connectivity index (χ3n) is 4.01. The molecular weight excluding hydrogens is 290 g/mol. The molecule has 1 unspecified atom stereocenters. The second kappa shape index (κ2) is 5.70. The molecule has 1 aliphatic rings. The highest BCUT2D eigenvalue weighted by molar-refractivity contribution is 5.96. The quantitative estimate of drug-likeness (QED) is 0.670. The number of carbonyl (C=O) groups excluding carboxylic acids is 1. The van der Waals surface area contributed by atoms with Gasteiger partial charge in [-0.05, 0) is 26.7 Å². The minimum atomic E-state index is -0.990. The summed E-state index contributed by atoms with van der Waals surface area (Å²) in [5, 5.41) is 20.1. The Morgan fingerprint density at radius 3 is 2.77 bits per heavy atom. The molecule has 0 aromatic carbocycles. The highest BCUT2D eigenvalue weighted by Crippen LogP contribution is 2.31. The van der Waals surface area contributed by atoms with Crippen LogP contribution in [0, 0.1) is 22.5 Å². The van der Waals surface area contributed by atoms with Gasteiger partial charge in [0.05, 0.1) is 21.6 Å². The molecule has 0 aliphatic carbocycles. The van der Waals surface area contributed by atoms with E-state index >= 15 is 0 Å². The number of carbonyl (C=O) groups is 2. The summed E-state index contributed by atoms with van der Waals surface area (Å²) in [5.41, 5.74) is -0.718. The molecule has 1 fully saturated rings. The molecule has 8 heteroatoms. The van der Waals surface area contributed by atoms with Crippen LogP contribution in [-0.4, -0.2) is 44.9 Å². The molecule has 2 rings (SSSR count). The van der Waals surface area contributed by atoms with Crippen molar-refractivity contribution >= 4 is 17.6 Å². The van der Waals surface area contributed by atoms with Crippen molar-refractivity contribution in [1.82, 2.24) is 9.88 Å². The molecule has 1 aromatic heterocycles. The number of carboxylic acids is 1. The highest BCUT2D eigenvalue weighted by Gasteiger charge is 2.39. The number of nitrogens with zero attached hydrogens (tertiary/aromatic N) is 3. The summed E-state index contributed by atoms with van der Waals surface area (Å²) in [7, 11) is 0. The van der Waals surface area contributed by atoms with Crippen molar-refractivity contribution in [3.63, 3.8) is 0 Å². The lowest BCUT2D eigenvalue weighted by Gasteiger charge is -2.37. The normalized spacial score (nSPS) is 21.5. The van der Waals surface area contributed by atoms with E-state index in [0.717, 1.165) is 6.20 Å². The molecule has 1 aliphatic heterocycles. The Kier molecular flexibility index (Phi) is 4.11. The third-order valence-corrected chi connectivity index (χ3v) is 4.01. The largest absolute Gasteiger partial charge is 0.481 e. The number of amides is 1. The Bertz CT molecular complexity index is 645. The van der Waals surface area contributed by atoms with Crippen molar-refractivity contribution < 1.29 is 19.6 Å². The molecule has 1 N–H and O–H groups in total. The van der Waals surface area contributed by atoms with E-state index < -0.39 is 22.2 Å². The molecule has 0 saturated carbocycles. The van der Waals surface area contributed by atoms with Crippen LogP contribution >= 0.6 is 0 Å². The number of nitro groups is 1. The fraction of sp³-hybridized carbons (Fsp3) is 0.500. The molecule has 1 amide bonds. The van der Waals surface area contributed by atoms with E-state index in [2.05, 4.69) is 4.98 Å². The van der Waals surface area contributed by atoms with E-state index in [4.69, 9.17) is 0 Å². The molecule has 1 atom stereocenters. The number of aryl methyl sites for hydroxylation is 1. The van der Waals surface area contributed by atoms with Crippen LogP contribution in [0.15, 0.2) is 12.3 Å². The molecule has 0 radical (unpaired) electrons. The Hall–Kier alpha value is -2.51. The van der Waals surface area contributed by atoms with E-state index in [1.165, 1.54) is 11.0 Å². The average Bonchev–Trinajstić information content (AvgIpc) is 2.46. The van der Waals surface area contributed by atoms with Crippen molar-refractivity contribution in [2.24, 2.45) is 5.41 Å². The van der Waals surface area contributed by atoms with Crippen LogP contribution in [-0.2, 0) is 4.79 Å². The van der Waals surface area contributed by atoms with Crippen molar-refractivity contribution in [3.8, 4) is 0 Å². The van der Waals surface area contributed by atoms with E-state index in [1.54, 1.807) is 13.8 Å². The monoisotopic (exact) mass is 307 g/mol. The smallest absolute Gasteiger partial charge is 0.311 e. The van der Waals surface area contributed by atoms with Gasteiger partial charge in [-0.15, -0.1) is 0 Å². The lowest BCUT2D eigenvalue weighted by Crippen LogP contribution is -2.48. The Morgan fingerprint density at radius 1 is 1.50 bits per heavy atom. The van der Waals surface area contributed by atoms with Crippen LogP contribution in [0.25, 0.3) is 0 Å². The first-order chi connectivity index (χ1) is 10.2. The van der Waals surface area contributed by atoms with E-state index in [1.807, 2.05) is 0 Å². The molecule has 0 bridgehead atoms. The summed E-state index contributed by atoms with van der Waals surface area (Å²) < 4.78 is 0. The predicted octanol–water partition coefficient (Wildman–Crippen LogP) is 1.63. The topological polar surface area (TPSA) is 114 Å².